The third-order valence-electron chi connectivity index (χ3n) is 7.27. The lowest BCUT2D eigenvalue weighted by molar-refractivity contribution is 0.0329. The van der Waals surface area contributed by atoms with E-state index in [0.29, 0.717) is 41.6 Å². The third kappa shape index (κ3) is 4.85. The smallest absolute Gasteiger partial charge is 0.217 e. The molecule has 39 heavy (non-hydrogen) atoms. The van der Waals surface area contributed by atoms with Crippen LogP contribution in [0.2, 0.25) is 0 Å². The van der Waals surface area contributed by atoms with Crippen molar-refractivity contribution in [1.82, 2.24) is 14.5 Å². The van der Waals surface area contributed by atoms with Gasteiger partial charge in [-0.05, 0) is 60.0 Å². The molecule has 4 aromatic rings. The zero-order valence-electron chi connectivity index (χ0n) is 21.5. The maximum absolute atomic E-state index is 14.8. The fourth-order valence-electron chi connectivity index (χ4n) is 5.44. The second-order valence-electron chi connectivity index (χ2n) is 9.81. The molecule has 0 bridgehead atoms. The first-order valence-corrected chi connectivity index (χ1v) is 12.9. The number of hydrogen-bond acceptors (Lipinski definition) is 6. The predicted octanol–water partition coefficient (Wildman–Crippen LogP) is 5.58. The van der Waals surface area contributed by atoms with E-state index in [1.165, 1.54) is 18.2 Å². The first-order chi connectivity index (χ1) is 19.0. The van der Waals surface area contributed by atoms with Crippen LogP contribution in [-0.2, 0) is 11.3 Å². The molecule has 2 aliphatic rings. The predicted molar refractivity (Wildman–Crippen MR) is 145 cm³/mol. The maximum atomic E-state index is 14.8. The molecule has 6 rings (SSSR count). The van der Waals surface area contributed by atoms with Crippen LogP contribution in [0.5, 0.6) is 5.75 Å². The van der Waals surface area contributed by atoms with Crippen molar-refractivity contribution >= 4 is 28.6 Å². The van der Waals surface area contributed by atoms with Crippen molar-refractivity contribution in [2.24, 2.45) is 0 Å². The molecule has 0 amide bonds. The van der Waals surface area contributed by atoms with E-state index in [1.54, 1.807) is 12.1 Å². The minimum absolute atomic E-state index is 0.00343. The van der Waals surface area contributed by atoms with Crippen molar-refractivity contribution in [2.75, 3.05) is 38.2 Å². The van der Waals surface area contributed by atoms with Crippen LogP contribution in [0.1, 0.15) is 35.2 Å². The van der Waals surface area contributed by atoms with Crippen LogP contribution >= 0.6 is 0 Å². The van der Waals surface area contributed by atoms with Gasteiger partial charge in [-0.15, -0.1) is 0 Å². The quantitative estimate of drug-likeness (QED) is 0.270. The van der Waals surface area contributed by atoms with Crippen molar-refractivity contribution in [3.63, 3.8) is 0 Å². The second kappa shape index (κ2) is 10.5. The van der Waals surface area contributed by atoms with Gasteiger partial charge in [0.2, 0.25) is 5.95 Å². The Morgan fingerprint density at radius 3 is 2.77 bits per heavy atom. The van der Waals surface area contributed by atoms with E-state index in [-0.39, 0.29) is 18.5 Å². The van der Waals surface area contributed by atoms with Crippen molar-refractivity contribution in [1.29, 1.82) is 5.26 Å². The van der Waals surface area contributed by atoms with Gasteiger partial charge in [0.05, 0.1) is 24.2 Å². The highest BCUT2D eigenvalue weighted by molar-refractivity contribution is 5.96. The molecule has 0 unspecified atom stereocenters. The Morgan fingerprint density at radius 2 is 1.95 bits per heavy atom. The van der Waals surface area contributed by atoms with Crippen LogP contribution in [-0.4, -0.2) is 47.3 Å². The topological polar surface area (TPSA) is 75.3 Å². The van der Waals surface area contributed by atoms with Crippen LogP contribution in [0.15, 0.2) is 54.6 Å². The van der Waals surface area contributed by atoms with Crippen LogP contribution in [0.25, 0.3) is 22.7 Å². The SMILES string of the molecule is C[C@@H](CN1CCOCC1)n1c(NC#N)nc2cc(C=C3c4ccc(F)cc4OCc4c(F)cccc43)ccc21. The number of halogens is 2. The summed E-state index contributed by atoms with van der Waals surface area (Å²) in [6.45, 7) is 6.08. The fourth-order valence-corrected chi connectivity index (χ4v) is 5.44. The molecule has 1 saturated heterocycles. The molecule has 198 valence electrons. The third-order valence-corrected chi connectivity index (χ3v) is 7.27. The van der Waals surface area contributed by atoms with Crippen LogP contribution in [0.3, 0.4) is 0 Å². The molecule has 3 heterocycles. The lowest BCUT2D eigenvalue weighted by Crippen LogP contribution is -2.39. The Morgan fingerprint density at radius 1 is 1.10 bits per heavy atom. The van der Waals surface area contributed by atoms with Crippen LogP contribution in [0.4, 0.5) is 14.7 Å². The average Bonchev–Trinajstić information content (AvgIpc) is 3.21. The van der Waals surface area contributed by atoms with Gasteiger partial charge < -0.3 is 14.0 Å². The fraction of sp³-hybridized carbons (Fsp3) is 0.267. The normalized spacial score (nSPS) is 17.1. The number of imidazole rings is 1. The monoisotopic (exact) mass is 527 g/mol. The van der Waals surface area contributed by atoms with Crippen molar-refractivity contribution in [3.05, 3.63) is 88.5 Å². The molecule has 3 aromatic carbocycles. The van der Waals surface area contributed by atoms with E-state index in [9.17, 15) is 14.0 Å². The second-order valence-corrected chi connectivity index (χ2v) is 9.81. The first kappa shape index (κ1) is 25.0. The number of fused-ring (bicyclic) bond motifs is 3. The lowest BCUT2D eigenvalue weighted by atomic mass is 9.92. The number of morpholine rings is 1. The maximum Gasteiger partial charge on any atom is 0.217 e. The van der Waals surface area contributed by atoms with Crippen molar-refractivity contribution in [3.8, 4) is 11.9 Å². The summed E-state index contributed by atoms with van der Waals surface area (Å²) in [5.74, 6) is 0.0476. The molecule has 9 heteroatoms. The van der Waals surface area contributed by atoms with Gasteiger partial charge in [0, 0.05) is 42.9 Å². The Labute approximate surface area is 224 Å². The Kier molecular flexibility index (Phi) is 6.73. The standard InChI is InChI=1S/C30H27F2N5O2/c1-19(16-36-9-11-38-12-10-36)37-28-8-5-20(14-27(28)35-30(37)34-18-33)13-24-22-3-2-4-26(32)25(22)17-39-29-15-21(31)6-7-23(24)29/h2-8,13-15,19H,9-12,16-17H2,1H3,(H,34,35)/t19-/m0/s1. The van der Waals surface area contributed by atoms with E-state index in [1.807, 2.05) is 41.1 Å². The van der Waals surface area contributed by atoms with Gasteiger partial charge in [0.15, 0.2) is 6.19 Å². The van der Waals surface area contributed by atoms with Gasteiger partial charge in [0.25, 0.3) is 0 Å². The Bertz CT molecular complexity index is 1620. The molecule has 1 atom stereocenters. The van der Waals surface area contributed by atoms with Crippen molar-refractivity contribution in [2.45, 2.75) is 19.6 Å². The molecular weight excluding hydrogens is 500 g/mol. The minimum Gasteiger partial charge on any atom is -0.488 e. The highest BCUT2D eigenvalue weighted by atomic mass is 19.1. The van der Waals surface area contributed by atoms with Crippen LogP contribution < -0.4 is 10.1 Å². The van der Waals surface area contributed by atoms with Gasteiger partial charge >= 0.3 is 0 Å². The summed E-state index contributed by atoms with van der Waals surface area (Å²) in [5.41, 5.74) is 4.97. The van der Waals surface area contributed by atoms with E-state index in [0.717, 1.165) is 41.8 Å². The molecule has 0 saturated carbocycles. The number of aromatic nitrogens is 2. The van der Waals surface area contributed by atoms with E-state index >= 15 is 0 Å². The Hall–Kier alpha value is -4.26. The molecule has 1 aromatic heterocycles. The van der Waals surface area contributed by atoms with Crippen molar-refractivity contribution < 1.29 is 18.3 Å². The van der Waals surface area contributed by atoms with Crippen LogP contribution in [0, 0.1) is 23.1 Å². The summed E-state index contributed by atoms with van der Waals surface area (Å²) in [4.78, 5) is 7.07. The molecule has 0 spiro atoms. The zero-order chi connectivity index (χ0) is 26.9. The van der Waals surface area contributed by atoms with E-state index in [4.69, 9.17) is 14.5 Å². The molecule has 1 N–H and O–H groups in total. The number of nitrogens with one attached hydrogen (secondary N) is 1. The summed E-state index contributed by atoms with van der Waals surface area (Å²) in [6.07, 6.45) is 3.95. The van der Waals surface area contributed by atoms with E-state index < -0.39 is 5.82 Å². The molecule has 0 aliphatic carbocycles. The summed E-state index contributed by atoms with van der Waals surface area (Å²) >= 11 is 0. The summed E-state index contributed by atoms with van der Waals surface area (Å²) in [5, 5.41) is 12.1. The van der Waals surface area contributed by atoms with Gasteiger partial charge in [-0.25, -0.2) is 13.8 Å². The number of hydrogen-bond donors (Lipinski definition) is 1. The Balaban J connectivity index is 1.44. The lowest BCUT2D eigenvalue weighted by Gasteiger charge is -2.30. The molecule has 1 fully saturated rings. The largest absolute Gasteiger partial charge is 0.488 e. The van der Waals surface area contributed by atoms with Gasteiger partial charge in [0.1, 0.15) is 24.0 Å². The molecule has 0 radical (unpaired) electrons. The van der Waals surface area contributed by atoms with Gasteiger partial charge in [-0.3, -0.25) is 10.2 Å². The summed E-state index contributed by atoms with van der Waals surface area (Å²) in [6, 6.07) is 15.2. The number of rotatable bonds is 5. The molecule has 2 aliphatic heterocycles. The molecule has 7 nitrogen and oxygen atoms in total. The zero-order valence-corrected chi connectivity index (χ0v) is 21.5. The van der Waals surface area contributed by atoms with Gasteiger partial charge in [-0.2, -0.15) is 5.26 Å². The number of ether oxygens (including phenoxy) is 2. The first-order valence-electron chi connectivity index (χ1n) is 12.9. The minimum atomic E-state index is -0.421. The number of benzene rings is 3. The average molecular weight is 528 g/mol. The highest BCUT2D eigenvalue weighted by Crippen LogP contribution is 2.39. The van der Waals surface area contributed by atoms with Gasteiger partial charge in [-0.1, -0.05) is 18.2 Å². The number of anilines is 1. The highest BCUT2D eigenvalue weighted by Gasteiger charge is 2.23. The van der Waals surface area contributed by atoms with E-state index in [2.05, 4.69) is 17.1 Å². The number of nitriles is 1. The number of nitrogens with zero attached hydrogens (tertiary/aromatic N) is 4. The summed E-state index contributed by atoms with van der Waals surface area (Å²) in [7, 11) is 0. The molecular formula is C30H27F2N5O2. The summed E-state index contributed by atoms with van der Waals surface area (Å²) < 4.78 is 42.2.